The molecule has 0 saturated heterocycles. The zero-order valence-electron chi connectivity index (χ0n) is 16.7. The number of amides is 3. The van der Waals surface area contributed by atoms with Gasteiger partial charge in [-0.25, -0.2) is 4.39 Å². The predicted molar refractivity (Wildman–Crippen MR) is 105 cm³/mol. The van der Waals surface area contributed by atoms with Crippen molar-refractivity contribution in [2.75, 3.05) is 20.8 Å². The van der Waals surface area contributed by atoms with Gasteiger partial charge in [-0.1, -0.05) is 12.1 Å². The van der Waals surface area contributed by atoms with Crippen molar-refractivity contribution in [1.29, 1.82) is 0 Å². The van der Waals surface area contributed by atoms with Gasteiger partial charge >= 0.3 is 0 Å². The highest BCUT2D eigenvalue weighted by atomic mass is 19.1. The van der Waals surface area contributed by atoms with E-state index in [1.165, 1.54) is 51.5 Å². The van der Waals surface area contributed by atoms with Crippen molar-refractivity contribution in [3.05, 3.63) is 53.8 Å². The third-order valence-corrected chi connectivity index (χ3v) is 3.89. The van der Waals surface area contributed by atoms with Crippen LogP contribution in [0.4, 0.5) is 4.39 Å². The van der Waals surface area contributed by atoms with E-state index in [-0.39, 0.29) is 11.3 Å². The summed E-state index contributed by atoms with van der Waals surface area (Å²) in [6.07, 6.45) is -1.07. The van der Waals surface area contributed by atoms with E-state index in [1.807, 2.05) is 0 Å². The topological polar surface area (TPSA) is 115 Å². The summed E-state index contributed by atoms with van der Waals surface area (Å²) in [5.74, 6) is -1.76. The molecule has 0 radical (unpaired) electrons. The van der Waals surface area contributed by atoms with Crippen molar-refractivity contribution in [1.82, 2.24) is 16.2 Å². The van der Waals surface area contributed by atoms with Crippen LogP contribution in [0.15, 0.2) is 42.5 Å². The molecule has 0 fully saturated rings. The molecule has 0 spiro atoms. The summed E-state index contributed by atoms with van der Waals surface area (Å²) in [4.78, 5) is 36.0. The summed E-state index contributed by atoms with van der Waals surface area (Å²) < 4.78 is 29.0. The second kappa shape index (κ2) is 10.6. The maximum absolute atomic E-state index is 13.6. The van der Waals surface area contributed by atoms with Crippen LogP contribution < -0.4 is 30.4 Å². The first-order valence-electron chi connectivity index (χ1n) is 8.85. The van der Waals surface area contributed by atoms with Crippen LogP contribution in [0.25, 0.3) is 0 Å². The van der Waals surface area contributed by atoms with Gasteiger partial charge in [0.2, 0.25) is 0 Å². The van der Waals surface area contributed by atoms with Gasteiger partial charge in [-0.3, -0.25) is 25.2 Å². The fraction of sp³-hybridized carbons (Fsp3) is 0.250. The van der Waals surface area contributed by atoms with Crippen LogP contribution in [0.3, 0.4) is 0 Å². The first-order valence-corrected chi connectivity index (χ1v) is 8.85. The third-order valence-electron chi connectivity index (χ3n) is 3.89. The summed E-state index contributed by atoms with van der Waals surface area (Å²) in [6, 6.07) is 10.2. The molecule has 0 aliphatic carbocycles. The number of carbonyl (C=O) groups is 3. The van der Waals surface area contributed by atoms with Gasteiger partial charge in [0.15, 0.2) is 29.2 Å². The largest absolute Gasteiger partial charge is 0.493 e. The van der Waals surface area contributed by atoms with E-state index in [9.17, 15) is 18.8 Å². The van der Waals surface area contributed by atoms with E-state index in [0.717, 1.165) is 0 Å². The Morgan fingerprint density at radius 3 is 2.33 bits per heavy atom. The zero-order valence-corrected chi connectivity index (χ0v) is 16.7. The first-order chi connectivity index (χ1) is 14.3. The Bertz CT molecular complexity index is 921. The highest BCUT2D eigenvalue weighted by Crippen LogP contribution is 2.27. The van der Waals surface area contributed by atoms with E-state index in [4.69, 9.17) is 14.2 Å². The average Bonchev–Trinajstić information content (AvgIpc) is 2.76. The standard InChI is InChI=1S/C20H22FN3O6/c1-12(30-15-7-5-4-6-14(15)21)19(26)24-23-18(25)11-22-20(27)13-8-9-16(28-2)17(10-13)29-3/h4-10,12H,11H2,1-3H3,(H,22,27)(H,23,25)(H,24,26). The van der Waals surface area contributed by atoms with Crippen LogP contribution in [0.2, 0.25) is 0 Å². The molecule has 10 heteroatoms. The summed E-state index contributed by atoms with van der Waals surface area (Å²) in [7, 11) is 2.91. The number of methoxy groups -OCH3 is 2. The van der Waals surface area contributed by atoms with Gasteiger partial charge in [-0.15, -0.1) is 0 Å². The van der Waals surface area contributed by atoms with E-state index in [2.05, 4.69) is 16.2 Å². The normalized spacial score (nSPS) is 11.1. The number of ether oxygens (including phenoxy) is 3. The molecule has 0 saturated carbocycles. The molecular formula is C20H22FN3O6. The molecule has 2 aromatic carbocycles. The quantitative estimate of drug-likeness (QED) is 0.554. The second-order valence-corrected chi connectivity index (χ2v) is 5.98. The number of carbonyl (C=O) groups excluding carboxylic acids is 3. The van der Waals surface area contributed by atoms with Gasteiger partial charge in [-0.05, 0) is 37.3 Å². The van der Waals surface area contributed by atoms with Gasteiger partial charge in [0.05, 0.1) is 20.8 Å². The Balaban J connectivity index is 1.79. The van der Waals surface area contributed by atoms with E-state index in [1.54, 1.807) is 12.1 Å². The summed E-state index contributed by atoms with van der Waals surface area (Å²) in [5, 5.41) is 2.41. The zero-order chi connectivity index (χ0) is 22.1. The van der Waals surface area contributed by atoms with Gasteiger partial charge in [0.1, 0.15) is 0 Å². The number of benzene rings is 2. The Morgan fingerprint density at radius 2 is 1.67 bits per heavy atom. The third kappa shape index (κ3) is 6.09. The molecule has 0 bridgehead atoms. The molecule has 0 heterocycles. The molecule has 0 aliphatic rings. The van der Waals surface area contributed by atoms with E-state index < -0.39 is 36.2 Å². The van der Waals surface area contributed by atoms with Crippen LogP contribution in [-0.4, -0.2) is 44.6 Å². The van der Waals surface area contributed by atoms with Gasteiger partial charge in [0.25, 0.3) is 17.7 Å². The number of nitrogens with one attached hydrogen (secondary N) is 3. The molecule has 1 unspecified atom stereocenters. The van der Waals surface area contributed by atoms with E-state index in [0.29, 0.717) is 11.5 Å². The lowest BCUT2D eigenvalue weighted by Gasteiger charge is -2.15. The van der Waals surface area contributed by atoms with Crippen LogP contribution in [0, 0.1) is 5.82 Å². The Hall–Kier alpha value is -3.82. The van der Waals surface area contributed by atoms with E-state index >= 15 is 0 Å². The Labute approximate surface area is 172 Å². The van der Waals surface area contributed by atoms with Crippen molar-refractivity contribution >= 4 is 17.7 Å². The summed E-state index contributed by atoms with van der Waals surface area (Å²) in [5.41, 5.74) is 4.55. The monoisotopic (exact) mass is 419 g/mol. The minimum atomic E-state index is -1.07. The van der Waals surface area contributed by atoms with Crippen LogP contribution in [0.1, 0.15) is 17.3 Å². The lowest BCUT2D eigenvalue weighted by atomic mass is 10.2. The van der Waals surface area contributed by atoms with Crippen LogP contribution >= 0.6 is 0 Å². The molecular weight excluding hydrogens is 397 g/mol. The number of para-hydroxylation sites is 1. The van der Waals surface area contributed by atoms with Crippen LogP contribution in [0.5, 0.6) is 17.2 Å². The van der Waals surface area contributed by atoms with Gasteiger partial charge in [0, 0.05) is 5.56 Å². The average molecular weight is 419 g/mol. The Morgan fingerprint density at radius 1 is 0.967 bits per heavy atom. The predicted octanol–water partition coefficient (Wildman–Crippen LogP) is 1.19. The highest BCUT2D eigenvalue weighted by Gasteiger charge is 2.17. The maximum Gasteiger partial charge on any atom is 0.279 e. The Kier molecular flexibility index (Phi) is 7.98. The number of halogens is 1. The van der Waals surface area contributed by atoms with Crippen molar-refractivity contribution in [2.45, 2.75) is 13.0 Å². The van der Waals surface area contributed by atoms with Gasteiger partial charge < -0.3 is 19.5 Å². The van der Waals surface area contributed by atoms with Crippen LogP contribution in [-0.2, 0) is 9.59 Å². The minimum absolute atomic E-state index is 0.0892. The molecule has 2 rings (SSSR count). The SMILES string of the molecule is COc1ccc(C(=O)NCC(=O)NNC(=O)C(C)Oc2ccccc2F)cc1OC. The molecule has 1 atom stereocenters. The van der Waals surface area contributed by atoms with Crippen molar-refractivity contribution in [3.63, 3.8) is 0 Å². The lowest BCUT2D eigenvalue weighted by molar-refractivity contribution is -0.132. The molecule has 9 nitrogen and oxygen atoms in total. The smallest absolute Gasteiger partial charge is 0.279 e. The van der Waals surface area contributed by atoms with Crippen molar-refractivity contribution in [3.8, 4) is 17.2 Å². The molecule has 3 N–H and O–H groups in total. The van der Waals surface area contributed by atoms with Crippen molar-refractivity contribution in [2.24, 2.45) is 0 Å². The van der Waals surface area contributed by atoms with Crippen molar-refractivity contribution < 1.29 is 33.0 Å². The number of rotatable bonds is 8. The molecule has 3 amide bonds. The molecule has 0 aromatic heterocycles. The molecule has 30 heavy (non-hydrogen) atoms. The maximum atomic E-state index is 13.6. The first kappa shape index (κ1) is 22.5. The number of hydrogen-bond donors (Lipinski definition) is 3. The summed E-state index contributed by atoms with van der Waals surface area (Å²) in [6.45, 7) is 1.00. The number of hydrogen-bond acceptors (Lipinski definition) is 6. The second-order valence-electron chi connectivity index (χ2n) is 5.98. The molecule has 160 valence electrons. The number of hydrazine groups is 1. The minimum Gasteiger partial charge on any atom is -0.493 e. The lowest BCUT2D eigenvalue weighted by Crippen LogP contribution is -2.50. The fourth-order valence-electron chi connectivity index (χ4n) is 2.30. The molecule has 2 aromatic rings. The molecule has 0 aliphatic heterocycles. The highest BCUT2D eigenvalue weighted by molar-refractivity contribution is 5.97. The van der Waals surface area contributed by atoms with Gasteiger partial charge in [-0.2, -0.15) is 0 Å². The summed E-state index contributed by atoms with van der Waals surface area (Å²) >= 11 is 0. The fourth-order valence-corrected chi connectivity index (χ4v) is 2.30.